The Morgan fingerprint density at radius 2 is 1.90 bits per heavy atom. The molecule has 1 aliphatic rings. The summed E-state index contributed by atoms with van der Waals surface area (Å²) < 4.78 is 10.5. The van der Waals surface area contributed by atoms with Gasteiger partial charge in [0.05, 0.1) is 36.8 Å². The van der Waals surface area contributed by atoms with E-state index in [1.54, 1.807) is 0 Å². The predicted molar refractivity (Wildman–Crippen MR) is 105 cm³/mol. The molecule has 2 atom stereocenters. The number of fused-ring (bicyclic) bond motifs is 3. The highest BCUT2D eigenvalue weighted by Crippen LogP contribution is 2.42. The van der Waals surface area contributed by atoms with Crippen LogP contribution in [-0.4, -0.2) is 41.2 Å². The number of carboxylic acids is 1. The van der Waals surface area contributed by atoms with Crippen molar-refractivity contribution in [1.29, 1.82) is 0 Å². The first kappa shape index (κ1) is 18.8. The van der Waals surface area contributed by atoms with Crippen molar-refractivity contribution in [1.82, 2.24) is 10.3 Å². The number of ether oxygens (including phenoxy) is 2. The first-order chi connectivity index (χ1) is 13.9. The summed E-state index contributed by atoms with van der Waals surface area (Å²) in [6.45, 7) is 0. The highest BCUT2D eigenvalue weighted by Gasteiger charge is 2.37. The maximum absolute atomic E-state index is 11.8. The molecule has 1 aromatic heterocycles. The maximum atomic E-state index is 11.8. The molecule has 0 bridgehead atoms. The molecule has 0 saturated heterocycles. The molecule has 0 saturated carbocycles. The maximum Gasteiger partial charge on any atom is 0.321 e. The molecule has 29 heavy (non-hydrogen) atoms. The Kier molecular flexibility index (Phi) is 4.59. The third-order valence-electron chi connectivity index (χ3n) is 5.25. The number of nitro benzene ring substituents is 1. The zero-order valence-corrected chi connectivity index (χ0v) is 15.8. The van der Waals surface area contributed by atoms with Gasteiger partial charge in [-0.2, -0.15) is 0 Å². The number of carbonyl (C=O) groups is 1. The molecule has 0 radical (unpaired) electrons. The lowest BCUT2D eigenvalue weighted by Crippen LogP contribution is -2.45. The molecule has 4 rings (SSSR count). The number of nitrogens with one attached hydrogen (secondary N) is 2. The third-order valence-corrected chi connectivity index (χ3v) is 5.25. The van der Waals surface area contributed by atoms with Crippen molar-refractivity contribution < 1.29 is 24.3 Å². The molecular formula is C20H19N3O6. The normalized spacial score (nSPS) is 18.3. The topological polar surface area (TPSA) is 127 Å². The van der Waals surface area contributed by atoms with Crippen LogP contribution in [0.3, 0.4) is 0 Å². The molecule has 2 unspecified atom stereocenters. The van der Waals surface area contributed by atoms with Gasteiger partial charge in [0.1, 0.15) is 6.04 Å². The Morgan fingerprint density at radius 3 is 2.55 bits per heavy atom. The van der Waals surface area contributed by atoms with Gasteiger partial charge in [-0.25, -0.2) is 0 Å². The van der Waals surface area contributed by atoms with Gasteiger partial charge in [0, 0.05) is 23.0 Å². The summed E-state index contributed by atoms with van der Waals surface area (Å²) in [5.41, 5.74) is 2.50. The molecule has 0 spiro atoms. The average Bonchev–Trinajstić information content (AvgIpc) is 3.10. The second-order valence-corrected chi connectivity index (χ2v) is 6.78. The van der Waals surface area contributed by atoms with Crippen molar-refractivity contribution in [3.8, 4) is 11.5 Å². The van der Waals surface area contributed by atoms with Crippen molar-refractivity contribution in [2.24, 2.45) is 0 Å². The highest BCUT2D eigenvalue weighted by molar-refractivity contribution is 5.87. The van der Waals surface area contributed by atoms with Crippen molar-refractivity contribution in [2.45, 2.75) is 18.5 Å². The standard InChI is InChI=1S/C20H19N3O6/c1-28-16-8-12(15(23(26)27)9-17(16)29-2)19-18-11(7-14(22-19)20(24)25)10-5-3-4-6-13(10)21-18/h3-6,8-9,14,19,21-22H,7H2,1-2H3,(H,24,25). The van der Waals surface area contributed by atoms with Gasteiger partial charge in [0.15, 0.2) is 11.5 Å². The minimum atomic E-state index is -1.02. The van der Waals surface area contributed by atoms with Crippen LogP contribution in [0.4, 0.5) is 5.69 Å². The lowest BCUT2D eigenvalue weighted by Gasteiger charge is -2.29. The lowest BCUT2D eigenvalue weighted by atomic mass is 9.89. The lowest BCUT2D eigenvalue weighted by molar-refractivity contribution is -0.385. The van der Waals surface area contributed by atoms with Crippen LogP contribution < -0.4 is 14.8 Å². The van der Waals surface area contributed by atoms with Gasteiger partial charge in [0.2, 0.25) is 0 Å². The molecule has 1 aliphatic heterocycles. The number of H-pyrrole nitrogens is 1. The first-order valence-electron chi connectivity index (χ1n) is 8.93. The van der Waals surface area contributed by atoms with E-state index >= 15 is 0 Å². The monoisotopic (exact) mass is 397 g/mol. The zero-order chi connectivity index (χ0) is 20.7. The van der Waals surface area contributed by atoms with E-state index in [-0.39, 0.29) is 17.9 Å². The minimum Gasteiger partial charge on any atom is -0.493 e. The fourth-order valence-corrected chi connectivity index (χ4v) is 3.91. The van der Waals surface area contributed by atoms with Gasteiger partial charge in [-0.1, -0.05) is 18.2 Å². The summed E-state index contributed by atoms with van der Waals surface area (Å²) in [4.78, 5) is 26.4. The van der Waals surface area contributed by atoms with Crippen molar-refractivity contribution in [3.63, 3.8) is 0 Å². The SMILES string of the molecule is COc1cc(C2NC(C(=O)O)Cc3c2[nH]c2ccccc32)c([N+](=O)[O-])cc1OC. The number of aromatic amines is 1. The molecule has 9 heteroatoms. The predicted octanol–water partition coefficient (Wildman–Crippen LogP) is 2.78. The molecule has 3 aromatic rings. The van der Waals surface area contributed by atoms with Gasteiger partial charge in [-0.3, -0.25) is 20.2 Å². The van der Waals surface area contributed by atoms with E-state index < -0.39 is 23.0 Å². The fourth-order valence-electron chi connectivity index (χ4n) is 3.91. The van der Waals surface area contributed by atoms with E-state index in [9.17, 15) is 20.0 Å². The molecule has 0 amide bonds. The average molecular weight is 397 g/mol. The Balaban J connectivity index is 1.97. The molecule has 9 nitrogen and oxygen atoms in total. The molecule has 2 heterocycles. The number of para-hydroxylation sites is 1. The quantitative estimate of drug-likeness (QED) is 0.446. The molecule has 150 valence electrons. The van der Waals surface area contributed by atoms with Crippen LogP contribution in [0, 0.1) is 10.1 Å². The number of hydrogen-bond acceptors (Lipinski definition) is 6. The fraction of sp³-hybridized carbons (Fsp3) is 0.250. The summed E-state index contributed by atoms with van der Waals surface area (Å²) in [5, 5.41) is 25.4. The van der Waals surface area contributed by atoms with Crippen LogP contribution in [0.25, 0.3) is 10.9 Å². The van der Waals surface area contributed by atoms with Gasteiger partial charge in [-0.05, 0) is 17.7 Å². The number of hydrogen-bond donors (Lipinski definition) is 3. The zero-order valence-electron chi connectivity index (χ0n) is 15.8. The van der Waals surface area contributed by atoms with Crippen LogP contribution in [0.15, 0.2) is 36.4 Å². The number of methoxy groups -OCH3 is 2. The number of aromatic nitrogens is 1. The van der Waals surface area contributed by atoms with E-state index in [4.69, 9.17) is 9.47 Å². The third kappa shape index (κ3) is 3.05. The molecule has 3 N–H and O–H groups in total. The van der Waals surface area contributed by atoms with Gasteiger partial charge in [0.25, 0.3) is 5.69 Å². The number of rotatable bonds is 5. The van der Waals surface area contributed by atoms with E-state index in [0.717, 1.165) is 16.5 Å². The molecule has 2 aromatic carbocycles. The second-order valence-electron chi connectivity index (χ2n) is 6.78. The molecule has 0 aliphatic carbocycles. The Bertz CT molecular complexity index is 1120. The van der Waals surface area contributed by atoms with Crippen LogP contribution in [0.1, 0.15) is 22.9 Å². The van der Waals surface area contributed by atoms with Gasteiger partial charge in [-0.15, -0.1) is 0 Å². The van der Waals surface area contributed by atoms with E-state index in [2.05, 4.69) is 10.3 Å². The summed E-state index contributed by atoms with van der Waals surface area (Å²) in [5.74, 6) is -0.468. The summed E-state index contributed by atoms with van der Waals surface area (Å²) >= 11 is 0. The van der Waals surface area contributed by atoms with Crippen molar-refractivity contribution >= 4 is 22.6 Å². The van der Waals surface area contributed by atoms with E-state index in [1.165, 1.54) is 26.4 Å². The second kappa shape index (κ2) is 7.10. The smallest absolute Gasteiger partial charge is 0.321 e. The van der Waals surface area contributed by atoms with E-state index in [0.29, 0.717) is 17.0 Å². The first-order valence-corrected chi connectivity index (χ1v) is 8.93. The molecular weight excluding hydrogens is 378 g/mol. The summed E-state index contributed by atoms with van der Waals surface area (Å²) in [7, 11) is 2.84. The van der Waals surface area contributed by atoms with Crippen LogP contribution in [0.2, 0.25) is 0 Å². The number of nitro groups is 1. The number of carboxylic acid groups (broad SMARTS) is 1. The van der Waals surface area contributed by atoms with Crippen LogP contribution >= 0.6 is 0 Å². The largest absolute Gasteiger partial charge is 0.493 e. The van der Waals surface area contributed by atoms with Gasteiger partial charge >= 0.3 is 5.97 Å². The van der Waals surface area contributed by atoms with Crippen LogP contribution in [0.5, 0.6) is 11.5 Å². The van der Waals surface area contributed by atoms with Gasteiger partial charge < -0.3 is 19.6 Å². The number of nitrogens with zero attached hydrogens (tertiary/aromatic N) is 1. The number of aliphatic carboxylic acids is 1. The Morgan fingerprint density at radius 1 is 1.21 bits per heavy atom. The van der Waals surface area contributed by atoms with Crippen molar-refractivity contribution in [2.75, 3.05) is 14.2 Å². The van der Waals surface area contributed by atoms with E-state index in [1.807, 2.05) is 24.3 Å². The Hall–Kier alpha value is -3.59. The number of benzene rings is 2. The molecule has 0 fully saturated rings. The van der Waals surface area contributed by atoms with Crippen molar-refractivity contribution in [3.05, 3.63) is 63.3 Å². The van der Waals surface area contributed by atoms with Crippen LogP contribution in [-0.2, 0) is 11.2 Å². The highest BCUT2D eigenvalue weighted by atomic mass is 16.6. The minimum absolute atomic E-state index is 0.184. The Labute approximate surface area is 165 Å². The summed E-state index contributed by atoms with van der Waals surface area (Å²) in [6.07, 6.45) is 0.270. The summed E-state index contributed by atoms with van der Waals surface area (Å²) in [6, 6.07) is 8.75.